The van der Waals surface area contributed by atoms with Crippen molar-refractivity contribution in [3.8, 4) is 5.75 Å². The summed E-state index contributed by atoms with van der Waals surface area (Å²) < 4.78 is 28.4. The topological polar surface area (TPSA) is 60.4 Å². The van der Waals surface area contributed by atoms with Gasteiger partial charge in [-0.25, -0.2) is 8.42 Å². The van der Waals surface area contributed by atoms with Gasteiger partial charge in [-0.1, -0.05) is 22.0 Å². The molecule has 0 fully saturated rings. The summed E-state index contributed by atoms with van der Waals surface area (Å²) in [7, 11) is -3.11. The Hall–Kier alpha value is -1.14. The van der Waals surface area contributed by atoms with Gasteiger partial charge in [0.25, 0.3) is 0 Å². The molecule has 96 valence electrons. The SMILES string of the molecule is O=C(C[C@H]1C=CS(=O)(=O)C1)Oc1ccc(Br)cc1. The van der Waals surface area contributed by atoms with Crippen molar-refractivity contribution in [2.75, 3.05) is 5.75 Å². The lowest BCUT2D eigenvalue weighted by molar-refractivity contribution is -0.134. The monoisotopic (exact) mass is 330 g/mol. The number of rotatable bonds is 3. The standard InChI is InChI=1S/C12H11BrO4S/c13-10-1-3-11(4-2-10)17-12(14)7-9-5-6-18(15,16)8-9/h1-6,9H,7-8H2/t9-/m1/s1. The Labute approximate surface area is 114 Å². The highest BCUT2D eigenvalue weighted by Gasteiger charge is 2.24. The van der Waals surface area contributed by atoms with Gasteiger partial charge in [-0.15, -0.1) is 0 Å². The van der Waals surface area contributed by atoms with E-state index in [0.29, 0.717) is 5.75 Å². The van der Waals surface area contributed by atoms with Crippen molar-refractivity contribution < 1.29 is 17.9 Å². The third-order valence-electron chi connectivity index (χ3n) is 2.48. The molecule has 0 radical (unpaired) electrons. The first-order valence-electron chi connectivity index (χ1n) is 5.32. The zero-order valence-electron chi connectivity index (χ0n) is 9.37. The van der Waals surface area contributed by atoms with E-state index in [1.807, 2.05) is 0 Å². The van der Waals surface area contributed by atoms with Gasteiger partial charge in [0.2, 0.25) is 0 Å². The second kappa shape index (κ2) is 5.24. The molecule has 1 aromatic carbocycles. The Bertz CT molecular complexity index is 575. The first kappa shape index (κ1) is 13.3. The molecule has 0 saturated carbocycles. The van der Waals surface area contributed by atoms with Gasteiger partial charge in [0.05, 0.1) is 12.2 Å². The van der Waals surface area contributed by atoms with E-state index in [1.165, 1.54) is 6.08 Å². The lowest BCUT2D eigenvalue weighted by atomic mass is 10.1. The third kappa shape index (κ3) is 3.68. The molecule has 1 aromatic rings. The molecule has 0 aromatic heterocycles. The number of esters is 1. The van der Waals surface area contributed by atoms with Crippen molar-refractivity contribution in [3.05, 3.63) is 40.2 Å². The molecule has 0 aliphatic carbocycles. The molecule has 18 heavy (non-hydrogen) atoms. The number of halogens is 1. The lowest BCUT2D eigenvalue weighted by Crippen LogP contribution is -2.15. The van der Waals surface area contributed by atoms with E-state index in [9.17, 15) is 13.2 Å². The fraction of sp³-hybridized carbons (Fsp3) is 0.250. The summed E-state index contributed by atoms with van der Waals surface area (Å²) >= 11 is 3.28. The number of ether oxygens (including phenoxy) is 1. The predicted molar refractivity (Wildman–Crippen MR) is 70.8 cm³/mol. The van der Waals surface area contributed by atoms with Crippen LogP contribution in [0.25, 0.3) is 0 Å². The van der Waals surface area contributed by atoms with Gasteiger partial charge in [0.15, 0.2) is 9.84 Å². The summed E-state index contributed by atoms with van der Waals surface area (Å²) in [5.74, 6) is -0.266. The van der Waals surface area contributed by atoms with E-state index in [0.717, 1.165) is 9.88 Å². The van der Waals surface area contributed by atoms with Crippen molar-refractivity contribution in [1.82, 2.24) is 0 Å². The first-order chi connectivity index (χ1) is 8.44. The second-order valence-electron chi connectivity index (χ2n) is 4.05. The summed E-state index contributed by atoms with van der Waals surface area (Å²) in [6.07, 6.45) is 1.62. The summed E-state index contributed by atoms with van der Waals surface area (Å²) in [4.78, 5) is 11.6. The number of hydrogen-bond acceptors (Lipinski definition) is 4. The minimum atomic E-state index is -3.11. The van der Waals surface area contributed by atoms with Crippen LogP contribution in [0.5, 0.6) is 5.75 Å². The highest BCUT2D eigenvalue weighted by Crippen LogP contribution is 2.21. The number of allylic oxidation sites excluding steroid dienone is 1. The number of sulfone groups is 1. The first-order valence-corrected chi connectivity index (χ1v) is 7.83. The fourth-order valence-electron chi connectivity index (χ4n) is 1.66. The summed E-state index contributed by atoms with van der Waals surface area (Å²) in [6, 6.07) is 6.87. The maximum absolute atomic E-state index is 11.6. The van der Waals surface area contributed by atoms with Crippen LogP contribution < -0.4 is 4.74 Å². The van der Waals surface area contributed by atoms with Crippen LogP contribution in [0.4, 0.5) is 0 Å². The Morgan fingerprint density at radius 1 is 1.33 bits per heavy atom. The average molecular weight is 331 g/mol. The van der Waals surface area contributed by atoms with Crippen LogP contribution in [0.15, 0.2) is 40.2 Å². The zero-order valence-corrected chi connectivity index (χ0v) is 11.8. The van der Waals surface area contributed by atoms with E-state index in [-0.39, 0.29) is 18.1 Å². The summed E-state index contributed by atoms with van der Waals surface area (Å²) in [5.41, 5.74) is 0. The Kier molecular flexibility index (Phi) is 3.87. The maximum Gasteiger partial charge on any atom is 0.311 e. The Morgan fingerprint density at radius 2 is 2.00 bits per heavy atom. The van der Waals surface area contributed by atoms with Crippen molar-refractivity contribution in [2.24, 2.45) is 5.92 Å². The molecule has 0 saturated heterocycles. The smallest absolute Gasteiger partial charge is 0.311 e. The molecule has 0 unspecified atom stereocenters. The number of carbonyl (C=O) groups excluding carboxylic acids is 1. The summed E-state index contributed by atoms with van der Waals surface area (Å²) in [5, 5.41) is 1.16. The van der Waals surface area contributed by atoms with Gasteiger partial charge in [0, 0.05) is 15.8 Å². The molecule has 2 rings (SSSR count). The molecule has 0 bridgehead atoms. The molecule has 0 spiro atoms. The second-order valence-corrected chi connectivity index (χ2v) is 6.90. The van der Waals surface area contributed by atoms with Crippen LogP contribution in [0, 0.1) is 5.92 Å². The van der Waals surface area contributed by atoms with Crippen molar-refractivity contribution >= 4 is 31.7 Å². The number of hydrogen-bond donors (Lipinski definition) is 0. The van der Waals surface area contributed by atoms with Gasteiger partial charge in [-0.05, 0) is 24.3 Å². The lowest BCUT2D eigenvalue weighted by Gasteiger charge is -2.07. The van der Waals surface area contributed by atoms with Crippen LogP contribution in [0.3, 0.4) is 0 Å². The zero-order chi connectivity index (χ0) is 13.2. The molecule has 1 aliphatic rings. The van der Waals surface area contributed by atoms with Crippen LogP contribution in [0.1, 0.15) is 6.42 Å². The molecule has 4 nitrogen and oxygen atoms in total. The molecule has 0 N–H and O–H groups in total. The Morgan fingerprint density at radius 3 is 2.56 bits per heavy atom. The molecule has 1 heterocycles. The molecule has 0 amide bonds. The third-order valence-corrected chi connectivity index (χ3v) is 4.47. The van der Waals surface area contributed by atoms with E-state index < -0.39 is 15.8 Å². The van der Waals surface area contributed by atoms with E-state index in [1.54, 1.807) is 24.3 Å². The van der Waals surface area contributed by atoms with Gasteiger partial charge in [-0.3, -0.25) is 4.79 Å². The van der Waals surface area contributed by atoms with Gasteiger partial charge < -0.3 is 4.74 Å². The van der Waals surface area contributed by atoms with Crippen LogP contribution >= 0.6 is 15.9 Å². The van der Waals surface area contributed by atoms with Crippen molar-refractivity contribution in [3.63, 3.8) is 0 Å². The maximum atomic E-state index is 11.6. The highest BCUT2D eigenvalue weighted by atomic mass is 79.9. The quantitative estimate of drug-likeness (QED) is 0.630. The van der Waals surface area contributed by atoms with Gasteiger partial charge in [0.1, 0.15) is 5.75 Å². The van der Waals surface area contributed by atoms with E-state index >= 15 is 0 Å². The van der Waals surface area contributed by atoms with E-state index in [4.69, 9.17) is 4.74 Å². The molecular formula is C12H11BrO4S. The minimum absolute atomic E-state index is 0.0115. The van der Waals surface area contributed by atoms with Crippen molar-refractivity contribution in [1.29, 1.82) is 0 Å². The Balaban J connectivity index is 1.90. The molecule has 1 aliphatic heterocycles. The van der Waals surface area contributed by atoms with Crippen LogP contribution in [0.2, 0.25) is 0 Å². The van der Waals surface area contributed by atoms with Crippen LogP contribution in [-0.2, 0) is 14.6 Å². The molecule has 6 heteroatoms. The number of carbonyl (C=O) groups is 1. The van der Waals surface area contributed by atoms with Gasteiger partial charge >= 0.3 is 5.97 Å². The number of benzene rings is 1. The molecule has 1 atom stereocenters. The largest absolute Gasteiger partial charge is 0.427 e. The van der Waals surface area contributed by atoms with E-state index in [2.05, 4.69) is 15.9 Å². The summed E-state index contributed by atoms with van der Waals surface area (Å²) in [6.45, 7) is 0. The highest BCUT2D eigenvalue weighted by molar-refractivity contribution is 9.10. The molecular weight excluding hydrogens is 320 g/mol. The fourth-order valence-corrected chi connectivity index (χ4v) is 3.32. The normalized spacial score (nSPS) is 20.8. The van der Waals surface area contributed by atoms with Crippen molar-refractivity contribution in [2.45, 2.75) is 6.42 Å². The predicted octanol–water partition coefficient (Wildman–Crippen LogP) is 2.30. The average Bonchev–Trinajstić information content (AvgIpc) is 2.61. The minimum Gasteiger partial charge on any atom is -0.427 e. The van der Waals surface area contributed by atoms with Crippen LogP contribution in [-0.4, -0.2) is 20.1 Å². The van der Waals surface area contributed by atoms with Gasteiger partial charge in [-0.2, -0.15) is 0 Å².